The largest absolute Gasteiger partial charge is 0.0721 e. The molecule has 74 valence electrons. The van der Waals surface area contributed by atoms with E-state index in [1.54, 1.807) is 48.8 Å². The first kappa shape index (κ1) is 14.0. The molecule has 0 aliphatic rings. The summed E-state index contributed by atoms with van der Waals surface area (Å²) in [4.78, 5) is 0. The van der Waals surface area contributed by atoms with Gasteiger partial charge in [0.1, 0.15) is 0 Å². The second kappa shape index (κ2) is 4.21. The third-order valence-corrected chi connectivity index (χ3v) is 134. The summed E-state index contributed by atoms with van der Waals surface area (Å²) in [5, 5.41) is 0. The molecule has 0 atom stereocenters. The van der Waals surface area contributed by atoms with Crippen LogP contribution in [0.25, 0.3) is 0 Å². The first-order valence-corrected chi connectivity index (χ1v) is 35.6. The summed E-state index contributed by atoms with van der Waals surface area (Å²) in [6.45, 7) is 8.12. The zero-order valence-electron chi connectivity index (χ0n) is 10.2. The summed E-state index contributed by atoms with van der Waals surface area (Å²) in [6, 6.07) is 0. The molecule has 0 aliphatic carbocycles. The molecule has 0 saturated heterocycles. The Balaban J connectivity index is 4.44. The minimum absolute atomic E-state index is 0.181. The van der Waals surface area contributed by atoms with Crippen molar-refractivity contribution in [1.82, 2.24) is 0 Å². The van der Waals surface area contributed by atoms with Crippen LogP contribution in [0.4, 0.5) is 0 Å². The second-order valence-corrected chi connectivity index (χ2v) is 136. The average molecular weight is 315 g/mol. The molecule has 0 unspecified atom stereocenters. The van der Waals surface area contributed by atoms with Crippen molar-refractivity contribution in [3.05, 3.63) is 0 Å². The highest BCUT2D eigenvalue weighted by molar-refractivity contribution is 8.03. The fraction of sp³-hybridized carbons (Fsp3) is 1.00. The lowest BCUT2D eigenvalue weighted by molar-refractivity contribution is 1.86. The zero-order chi connectivity index (χ0) is 10.2. The van der Waals surface area contributed by atoms with Crippen molar-refractivity contribution in [3.8, 4) is 0 Å². The van der Waals surface area contributed by atoms with Gasteiger partial charge in [0, 0.05) is 13.7 Å². The van der Waals surface area contributed by atoms with Crippen LogP contribution in [0.2, 0.25) is 19.6 Å². The van der Waals surface area contributed by atoms with E-state index in [9.17, 15) is 0 Å². The topological polar surface area (TPSA) is 0 Å². The molecular formula is C3H26Si9. The van der Waals surface area contributed by atoms with Gasteiger partial charge >= 0.3 is 0 Å². The van der Waals surface area contributed by atoms with Crippen LogP contribution >= 0.6 is 0 Å². The fourth-order valence-electron chi connectivity index (χ4n) is 1.59. The van der Waals surface area contributed by atoms with Gasteiger partial charge in [0.15, 0.2) is 0 Å². The lowest BCUT2D eigenvalue weighted by Gasteiger charge is -2.39. The molecular weight excluding hydrogens is 289 g/mol. The lowest BCUT2D eigenvalue weighted by atomic mass is 11.8. The minimum atomic E-state index is -0.569. The highest BCUT2D eigenvalue weighted by Crippen LogP contribution is 2.12. The molecule has 0 saturated carbocycles. The number of rotatable bonds is 3. The Morgan fingerprint density at radius 1 is 0.833 bits per heavy atom. The van der Waals surface area contributed by atoms with E-state index in [1.165, 1.54) is 0 Å². The van der Waals surface area contributed by atoms with Crippen LogP contribution in [0.1, 0.15) is 0 Å². The van der Waals surface area contributed by atoms with Gasteiger partial charge in [-0.05, 0) is 63.5 Å². The molecule has 0 radical (unpaired) electrons. The predicted molar refractivity (Wildman–Crippen MR) is 93.1 cm³/mol. The first-order chi connectivity index (χ1) is 4.96. The van der Waals surface area contributed by atoms with Crippen molar-refractivity contribution in [1.29, 1.82) is 0 Å². The summed E-state index contributed by atoms with van der Waals surface area (Å²) in [7, 11) is 8.63. The molecule has 0 amide bonds. The average Bonchev–Trinajstić information content (AvgIpc) is 1.52. The van der Waals surface area contributed by atoms with Crippen molar-refractivity contribution in [2.24, 2.45) is 0 Å². The Labute approximate surface area is 96.3 Å². The molecule has 0 aromatic carbocycles. The van der Waals surface area contributed by atoms with E-state index in [-0.39, 0.29) is 12.3 Å². The highest BCUT2D eigenvalue weighted by Gasteiger charge is 2.39. The van der Waals surface area contributed by atoms with Gasteiger partial charge in [0.05, 0.1) is 0 Å². The predicted octanol–water partition coefficient (Wildman–Crippen LogP) is -6.23. The van der Waals surface area contributed by atoms with Gasteiger partial charge in [-0.3, -0.25) is 0 Å². The van der Waals surface area contributed by atoms with Gasteiger partial charge in [0.2, 0.25) is 0 Å². The van der Waals surface area contributed by atoms with E-state index in [4.69, 9.17) is 0 Å². The van der Waals surface area contributed by atoms with Crippen LogP contribution in [-0.4, -0.2) is 77.2 Å². The van der Waals surface area contributed by atoms with Gasteiger partial charge in [-0.2, -0.15) is 0 Å². The summed E-state index contributed by atoms with van der Waals surface area (Å²) in [6.07, 6.45) is -0.500. The fourth-order valence-corrected chi connectivity index (χ4v) is 344. The van der Waals surface area contributed by atoms with E-state index in [1.807, 2.05) is 0 Å². The third kappa shape index (κ3) is 4.99. The third-order valence-electron chi connectivity index (χ3n) is 3.00. The van der Waals surface area contributed by atoms with Gasteiger partial charge in [-0.25, -0.2) is 0 Å². The van der Waals surface area contributed by atoms with Crippen LogP contribution in [0.3, 0.4) is 0 Å². The molecule has 12 heavy (non-hydrogen) atoms. The summed E-state index contributed by atoms with van der Waals surface area (Å²) >= 11 is 0. The second-order valence-electron chi connectivity index (χ2n) is 6.87. The van der Waals surface area contributed by atoms with Gasteiger partial charge in [0.25, 0.3) is 0 Å². The Hall–Kier alpha value is 1.95. The summed E-state index contributed by atoms with van der Waals surface area (Å²) < 4.78 is 0. The Morgan fingerprint density at radius 3 is 1.25 bits per heavy atom. The zero-order valence-corrected chi connectivity index (χ0v) is 24.6. The van der Waals surface area contributed by atoms with E-state index < -0.39 is 7.59 Å². The van der Waals surface area contributed by atoms with E-state index >= 15 is 0 Å². The van der Waals surface area contributed by atoms with E-state index in [2.05, 4.69) is 19.6 Å². The summed E-state index contributed by atoms with van der Waals surface area (Å²) in [5.41, 5.74) is 0. The van der Waals surface area contributed by atoms with Crippen molar-refractivity contribution in [2.75, 3.05) is 0 Å². The Morgan fingerprint density at radius 2 is 1.17 bits per heavy atom. The van der Waals surface area contributed by atoms with Crippen LogP contribution in [0, 0.1) is 0 Å². The van der Waals surface area contributed by atoms with Gasteiger partial charge in [-0.15, -0.1) is 0 Å². The maximum atomic E-state index is 2.71. The highest BCUT2D eigenvalue weighted by atomic mass is 30.3. The van der Waals surface area contributed by atoms with Crippen LogP contribution < -0.4 is 0 Å². The molecule has 0 aromatic heterocycles. The maximum Gasteiger partial charge on any atom is 0.0285 e. The van der Waals surface area contributed by atoms with Crippen LogP contribution in [-0.2, 0) is 0 Å². The standard InChI is InChI=1S/C3H26Si9/c1-10(2,3)12(7,8)9-11(4,5)6/h9H2,1-8H3. The maximum absolute atomic E-state index is 2.71. The molecule has 0 bridgehead atoms. The molecule has 0 heterocycles. The van der Waals surface area contributed by atoms with Crippen molar-refractivity contribution < 1.29 is 0 Å². The van der Waals surface area contributed by atoms with Crippen molar-refractivity contribution >= 4 is 77.2 Å². The Kier molecular flexibility index (Phi) is 4.90. The minimum Gasteiger partial charge on any atom is -0.0721 e. The SMILES string of the molecule is C[Si](C)(C)[Si]([SiH3])([SiH3])[SiH2][Si]([SiH3])([SiH3])[SiH3]. The molecule has 0 aromatic rings. The Bertz CT molecular complexity index is 148. The normalized spacial score (nSPS) is 25.2. The molecule has 0 spiro atoms. The van der Waals surface area contributed by atoms with Crippen LogP contribution in [0.15, 0.2) is 0 Å². The van der Waals surface area contributed by atoms with Crippen molar-refractivity contribution in [3.63, 3.8) is 0 Å². The van der Waals surface area contributed by atoms with E-state index in [0.717, 1.165) is 0 Å². The molecule has 0 nitrogen and oxygen atoms in total. The monoisotopic (exact) mass is 314 g/mol. The quantitative estimate of drug-likeness (QED) is 0.455. The van der Waals surface area contributed by atoms with Crippen molar-refractivity contribution in [2.45, 2.75) is 19.6 Å². The van der Waals surface area contributed by atoms with E-state index in [0.29, 0.717) is 8.55 Å². The van der Waals surface area contributed by atoms with Gasteiger partial charge < -0.3 is 0 Å². The summed E-state index contributed by atoms with van der Waals surface area (Å²) in [5.74, 6) is 0. The first-order valence-electron chi connectivity index (χ1n) is 4.96. The molecule has 9 heteroatoms. The lowest BCUT2D eigenvalue weighted by Crippen LogP contribution is -2.72. The number of hydrogen-bond donors (Lipinski definition) is 0. The molecule has 0 N–H and O–H groups in total. The van der Waals surface area contributed by atoms with Crippen LogP contribution in [0.5, 0.6) is 0 Å². The smallest absolute Gasteiger partial charge is 0.0285 e. The molecule has 0 fully saturated rings. The molecule has 0 aliphatic heterocycles. The molecule has 0 rings (SSSR count). The van der Waals surface area contributed by atoms with Gasteiger partial charge in [-0.1, -0.05) is 19.6 Å². The number of hydrogen-bond acceptors (Lipinski definition) is 0.